The first kappa shape index (κ1) is 13.8. The van der Waals surface area contributed by atoms with Crippen LogP contribution in [0.5, 0.6) is 5.75 Å². The van der Waals surface area contributed by atoms with Gasteiger partial charge in [-0.3, -0.25) is 0 Å². The maximum absolute atomic E-state index is 12.3. The molecule has 0 radical (unpaired) electrons. The molecular formula is C18H13BrO2. The van der Waals surface area contributed by atoms with Gasteiger partial charge in [0.2, 0.25) is 0 Å². The van der Waals surface area contributed by atoms with Crippen molar-refractivity contribution in [1.29, 1.82) is 0 Å². The molecule has 0 heterocycles. The van der Waals surface area contributed by atoms with E-state index >= 15 is 0 Å². The third-order valence-electron chi connectivity index (χ3n) is 3.29. The van der Waals surface area contributed by atoms with Crippen molar-refractivity contribution in [3.8, 4) is 5.75 Å². The number of carbonyl (C=O) groups is 1. The Bertz CT molecular complexity index is 824. The number of benzene rings is 3. The van der Waals surface area contributed by atoms with E-state index in [9.17, 15) is 4.79 Å². The van der Waals surface area contributed by atoms with Crippen LogP contribution < -0.4 is 4.74 Å². The molecule has 0 unspecified atom stereocenters. The zero-order valence-corrected chi connectivity index (χ0v) is 13.1. The molecule has 0 amide bonds. The fourth-order valence-corrected chi connectivity index (χ4v) is 2.73. The van der Waals surface area contributed by atoms with Gasteiger partial charge in [0.15, 0.2) is 0 Å². The Hall–Kier alpha value is -2.13. The Kier molecular flexibility index (Phi) is 3.76. The minimum Gasteiger partial charge on any atom is -0.422 e. The molecule has 104 valence electrons. The quantitative estimate of drug-likeness (QED) is 0.477. The van der Waals surface area contributed by atoms with Crippen molar-refractivity contribution in [3.05, 3.63) is 76.3 Å². The lowest BCUT2D eigenvalue weighted by atomic mass is 10.1. The first-order chi connectivity index (χ1) is 10.1. The van der Waals surface area contributed by atoms with Gasteiger partial charge in [-0.2, -0.15) is 0 Å². The van der Waals surface area contributed by atoms with Crippen molar-refractivity contribution in [2.24, 2.45) is 0 Å². The van der Waals surface area contributed by atoms with Gasteiger partial charge in [0.1, 0.15) is 5.75 Å². The summed E-state index contributed by atoms with van der Waals surface area (Å²) in [5.41, 5.74) is 1.59. The van der Waals surface area contributed by atoms with E-state index in [2.05, 4.69) is 15.9 Å². The summed E-state index contributed by atoms with van der Waals surface area (Å²) in [4.78, 5) is 12.3. The van der Waals surface area contributed by atoms with Crippen LogP contribution in [-0.4, -0.2) is 5.97 Å². The van der Waals surface area contributed by atoms with Crippen LogP contribution in [0.3, 0.4) is 0 Å². The Morgan fingerprint density at radius 3 is 2.48 bits per heavy atom. The van der Waals surface area contributed by atoms with Crippen molar-refractivity contribution in [1.82, 2.24) is 0 Å². The summed E-state index contributed by atoms with van der Waals surface area (Å²) in [6, 6.07) is 18.9. The lowest BCUT2D eigenvalue weighted by molar-refractivity contribution is 0.0737. The summed E-state index contributed by atoms with van der Waals surface area (Å²) >= 11 is 3.51. The van der Waals surface area contributed by atoms with Gasteiger partial charge >= 0.3 is 5.97 Å². The van der Waals surface area contributed by atoms with Gasteiger partial charge in [-0.25, -0.2) is 4.79 Å². The summed E-state index contributed by atoms with van der Waals surface area (Å²) < 4.78 is 6.54. The third kappa shape index (κ3) is 2.83. The molecule has 0 N–H and O–H groups in total. The van der Waals surface area contributed by atoms with E-state index in [4.69, 9.17) is 4.74 Å². The average molecular weight is 341 g/mol. The number of aryl methyl sites for hydroxylation is 1. The Balaban J connectivity index is 1.99. The predicted molar refractivity (Wildman–Crippen MR) is 87.8 cm³/mol. The van der Waals surface area contributed by atoms with E-state index in [0.29, 0.717) is 11.3 Å². The third-order valence-corrected chi connectivity index (χ3v) is 3.98. The molecule has 3 rings (SSSR count). The van der Waals surface area contributed by atoms with Gasteiger partial charge in [-0.15, -0.1) is 0 Å². The molecule has 0 saturated carbocycles. The first-order valence-corrected chi connectivity index (χ1v) is 7.40. The zero-order chi connectivity index (χ0) is 14.8. The molecule has 0 aliphatic heterocycles. The van der Waals surface area contributed by atoms with Crippen molar-refractivity contribution in [2.45, 2.75) is 6.92 Å². The average Bonchev–Trinajstić information content (AvgIpc) is 2.50. The topological polar surface area (TPSA) is 26.3 Å². The van der Waals surface area contributed by atoms with Gasteiger partial charge in [0.05, 0.1) is 5.56 Å². The number of hydrogen-bond acceptors (Lipinski definition) is 2. The molecule has 0 aromatic heterocycles. The maximum atomic E-state index is 12.3. The Morgan fingerprint density at radius 1 is 0.952 bits per heavy atom. The molecule has 3 aromatic carbocycles. The molecule has 0 fully saturated rings. The highest BCUT2D eigenvalue weighted by Crippen LogP contribution is 2.31. The second-order valence-electron chi connectivity index (χ2n) is 4.85. The predicted octanol–water partition coefficient (Wildman–Crippen LogP) is 5.13. The van der Waals surface area contributed by atoms with Crippen LogP contribution in [0.4, 0.5) is 0 Å². The Morgan fingerprint density at radius 2 is 1.71 bits per heavy atom. The van der Waals surface area contributed by atoms with Crippen LogP contribution >= 0.6 is 15.9 Å². The first-order valence-electron chi connectivity index (χ1n) is 6.61. The van der Waals surface area contributed by atoms with Crippen LogP contribution in [0.25, 0.3) is 10.8 Å². The highest BCUT2D eigenvalue weighted by Gasteiger charge is 2.11. The summed E-state index contributed by atoms with van der Waals surface area (Å²) in [7, 11) is 0. The Labute approximate surface area is 131 Å². The van der Waals surface area contributed by atoms with E-state index in [1.54, 1.807) is 12.1 Å². The molecule has 2 nitrogen and oxygen atoms in total. The van der Waals surface area contributed by atoms with Gasteiger partial charge in [-0.05, 0) is 36.6 Å². The number of fused-ring (bicyclic) bond motifs is 1. The zero-order valence-electron chi connectivity index (χ0n) is 11.5. The number of ether oxygens (including phenoxy) is 1. The van der Waals surface area contributed by atoms with Crippen molar-refractivity contribution < 1.29 is 9.53 Å². The lowest BCUT2D eigenvalue weighted by Crippen LogP contribution is -2.08. The fourth-order valence-electron chi connectivity index (χ4n) is 2.25. The molecule has 3 aromatic rings. The lowest BCUT2D eigenvalue weighted by Gasteiger charge is -2.09. The van der Waals surface area contributed by atoms with E-state index in [0.717, 1.165) is 20.8 Å². The second kappa shape index (κ2) is 5.70. The van der Waals surface area contributed by atoms with Crippen LogP contribution in [-0.2, 0) is 0 Å². The number of hydrogen-bond donors (Lipinski definition) is 0. The van der Waals surface area contributed by atoms with E-state index in [1.165, 1.54) is 0 Å². The number of carbonyl (C=O) groups excluding carboxylic acids is 1. The highest BCUT2D eigenvalue weighted by molar-refractivity contribution is 9.10. The van der Waals surface area contributed by atoms with Gasteiger partial charge in [0.25, 0.3) is 0 Å². The van der Waals surface area contributed by atoms with Crippen LogP contribution in [0.1, 0.15) is 15.9 Å². The van der Waals surface area contributed by atoms with Crippen LogP contribution in [0, 0.1) is 6.92 Å². The molecule has 3 heteroatoms. The molecule has 0 atom stereocenters. The van der Waals surface area contributed by atoms with E-state index < -0.39 is 0 Å². The largest absolute Gasteiger partial charge is 0.422 e. The SMILES string of the molecule is Cc1cccc(C(=O)Oc2ccc(Br)c3ccccc23)c1. The smallest absolute Gasteiger partial charge is 0.343 e. The van der Waals surface area contributed by atoms with Gasteiger partial charge in [-0.1, -0.05) is 57.9 Å². The normalized spacial score (nSPS) is 10.6. The molecule has 0 saturated heterocycles. The molecule has 0 spiro atoms. The monoisotopic (exact) mass is 340 g/mol. The molecule has 0 bridgehead atoms. The van der Waals surface area contributed by atoms with Crippen LogP contribution in [0.15, 0.2) is 65.1 Å². The summed E-state index contributed by atoms with van der Waals surface area (Å²) in [6.45, 7) is 1.95. The summed E-state index contributed by atoms with van der Waals surface area (Å²) in [5.74, 6) is 0.228. The van der Waals surface area contributed by atoms with Crippen molar-refractivity contribution in [2.75, 3.05) is 0 Å². The molecule has 0 aliphatic rings. The van der Waals surface area contributed by atoms with Gasteiger partial charge < -0.3 is 4.74 Å². The second-order valence-corrected chi connectivity index (χ2v) is 5.70. The van der Waals surface area contributed by atoms with Crippen LogP contribution in [0.2, 0.25) is 0 Å². The summed E-state index contributed by atoms with van der Waals surface area (Å²) in [6.07, 6.45) is 0. The molecule has 21 heavy (non-hydrogen) atoms. The van der Waals surface area contributed by atoms with Crippen molar-refractivity contribution in [3.63, 3.8) is 0 Å². The molecule has 0 aliphatic carbocycles. The summed E-state index contributed by atoms with van der Waals surface area (Å²) in [5, 5.41) is 1.93. The highest BCUT2D eigenvalue weighted by atomic mass is 79.9. The van der Waals surface area contributed by atoms with Crippen molar-refractivity contribution >= 4 is 32.7 Å². The maximum Gasteiger partial charge on any atom is 0.343 e. The fraction of sp³-hybridized carbons (Fsp3) is 0.0556. The molecular weight excluding hydrogens is 328 g/mol. The number of esters is 1. The minimum absolute atomic E-state index is 0.342. The van der Waals surface area contributed by atoms with E-state index in [-0.39, 0.29) is 5.97 Å². The number of rotatable bonds is 2. The van der Waals surface area contributed by atoms with Gasteiger partial charge in [0, 0.05) is 9.86 Å². The standard InChI is InChI=1S/C18H13BrO2/c1-12-5-4-6-13(11-12)18(20)21-17-10-9-16(19)14-7-2-3-8-15(14)17/h2-11H,1H3. The van der Waals surface area contributed by atoms with E-state index in [1.807, 2.05) is 55.5 Å². The number of halogens is 1. The minimum atomic E-state index is -0.342.